The fraction of sp³-hybridized carbons (Fsp3) is 0.421. The summed E-state index contributed by atoms with van der Waals surface area (Å²) < 4.78 is 0. The Kier molecular flexibility index (Phi) is 4.92. The van der Waals surface area contributed by atoms with E-state index < -0.39 is 0 Å². The van der Waals surface area contributed by atoms with Gasteiger partial charge in [-0.25, -0.2) is 15.4 Å². The smallest absolute Gasteiger partial charge is 0.243 e. The molecule has 2 aromatic rings. The predicted octanol–water partition coefficient (Wildman–Crippen LogP) is 4.22. The second kappa shape index (κ2) is 6.59. The zero-order chi connectivity index (χ0) is 18.0. The zero-order valence-corrected chi connectivity index (χ0v) is 15.3. The molecule has 1 aromatic heterocycles. The van der Waals surface area contributed by atoms with Gasteiger partial charge in [-0.15, -0.1) is 0 Å². The van der Waals surface area contributed by atoms with Crippen molar-refractivity contribution in [2.24, 2.45) is 5.10 Å². The number of nitrogens with one attached hydrogen (secondary N) is 1. The van der Waals surface area contributed by atoms with Crippen LogP contribution in [0.5, 0.6) is 5.75 Å². The number of benzene rings is 1. The molecule has 1 aromatic carbocycles. The summed E-state index contributed by atoms with van der Waals surface area (Å²) in [5, 5.41) is 14.9. The quantitative estimate of drug-likeness (QED) is 0.654. The lowest BCUT2D eigenvalue weighted by Crippen LogP contribution is -2.18. The molecule has 0 unspecified atom stereocenters. The molecule has 0 aliphatic rings. The van der Waals surface area contributed by atoms with Gasteiger partial charge in [0.25, 0.3) is 0 Å². The van der Waals surface area contributed by atoms with E-state index in [-0.39, 0.29) is 10.8 Å². The number of phenols is 1. The van der Waals surface area contributed by atoms with Crippen molar-refractivity contribution < 1.29 is 5.11 Å². The molecule has 0 radical (unpaired) electrons. The topological polar surface area (TPSA) is 70.4 Å². The van der Waals surface area contributed by atoms with E-state index in [0.29, 0.717) is 11.7 Å². The highest BCUT2D eigenvalue weighted by molar-refractivity contribution is 5.82. The van der Waals surface area contributed by atoms with Crippen LogP contribution < -0.4 is 5.43 Å². The molecule has 2 N–H and O–H groups in total. The molecule has 0 aliphatic carbocycles. The number of nitrogens with zero attached hydrogens (tertiary/aromatic N) is 3. The first-order valence-electron chi connectivity index (χ1n) is 8.03. The summed E-state index contributed by atoms with van der Waals surface area (Å²) >= 11 is 0. The van der Waals surface area contributed by atoms with Crippen LogP contribution in [0.15, 0.2) is 35.7 Å². The van der Waals surface area contributed by atoms with Crippen molar-refractivity contribution in [2.75, 3.05) is 5.43 Å². The van der Waals surface area contributed by atoms with Gasteiger partial charge in [-0.05, 0) is 34.6 Å². The fourth-order valence-corrected chi connectivity index (χ4v) is 2.40. The molecule has 0 saturated carbocycles. The van der Waals surface area contributed by atoms with Crippen molar-refractivity contribution in [3.05, 3.63) is 47.3 Å². The van der Waals surface area contributed by atoms with Crippen LogP contribution >= 0.6 is 0 Å². The molecule has 0 bridgehead atoms. The average molecular weight is 326 g/mol. The highest BCUT2D eigenvalue weighted by Crippen LogP contribution is 2.39. The molecule has 0 spiro atoms. The summed E-state index contributed by atoms with van der Waals surface area (Å²) in [6.07, 6.45) is 5.03. The van der Waals surface area contributed by atoms with Gasteiger partial charge in [0, 0.05) is 23.5 Å². The van der Waals surface area contributed by atoms with Crippen LogP contribution in [0.2, 0.25) is 0 Å². The van der Waals surface area contributed by atoms with E-state index in [9.17, 15) is 5.11 Å². The fourth-order valence-electron chi connectivity index (χ4n) is 2.40. The van der Waals surface area contributed by atoms with Gasteiger partial charge in [-0.2, -0.15) is 5.10 Å². The monoisotopic (exact) mass is 326 g/mol. The molecule has 1 heterocycles. The maximum absolute atomic E-state index is 10.7. The van der Waals surface area contributed by atoms with E-state index in [1.807, 2.05) is 12.1 Å². The van der Waals surface area contributed by atoms with Crippen molar-refractivity contribution >= 4 is 12.2 Å². The lowest BCUT2D eigenvalue weighted by molar-refractivity contribution is 0.423. The summed E-state index contributed by atoms with van der Waals surface area (Å²) in [7, 11) is 0. The van der Waals surface area contributed by atoms with Crippen LogP contribution in [0.4, 0.5) is 5.95 Å². The second-order valence-electron chi connectivity index (χ2n) is 7.91. The van der Waals surface area contributed by atoms with Crippen LogP contribution in [0.3, 0.4) is 0 Å². The molecule has 5 heteroatoms. The Bertz CT molecular complexity index is 690. The third-order valence-corrected chi connectivity index (χ3v) is 3.69. The van der Waals surface area contributed by atoms with Gasteiger partial charge in [0.05, 0.1) is 6.21 Å². The van der Waals surface area contributed by atoms with Gasteiger partial charge < -0.3 is 5.11 Å². The first-order valence-corrected chi connectivity index (χ1v) is 8.03. The molecular formula is C19H26N4O. The highest BCUT2D eigenvalue weighted by Gasteiger charge is 2.26. The van der Waals surface area contributed by atoms with E-state index in [1.54, 1.807) is 24.7 Å². The standard InChI is InChI=1S/C19H26N4O/c1-18(2,3)14-10-13(11-15(16(14)24)19(4,5)6)12-22-23-17-20-8-7-9-21-17/h7-12,24H,1-6H3,(H,20,21,23). The van der Waals surface area contributed by atoms with Crippen LogP contribution in [-0.4, -0.2) is 21.3 Å². The molecule has 0 fully saturated rings. The summed E-state index contributed by atoms with van der Waals surface area (Å²) in [6, 6.07) is 5.70. The summed E-state index contributed by atoms with van der Waals surface area (Å²) in [5.41, 5.74) is 5.22. The van der Waals surface area contributed by atoms with Crippen LogP contribution in [0.1, 0.15) is 58.2 Å². The molecule has 2 rings (SSSR count). The average Bonchev–Trinajstić information content (AvgIpc) is 2.47. The van der Waals surface area contributed by atoms with Crippen molar-refractivity contribution in [2.45, 2.75) is 52.4 Å². The summed E-state index contributed by atoms with van der Waals surface area (Å²) in [6.45, 7) is 12.5. The number of rotatable bonds is 3. The molecular weight excluding hydrogens is 300 g/mol. The number of hydrazone groups is 1. The van der Waals surface area contributed by atoms with E-state index in [2.05, 4.69) is 62.0 Å². The Morgan fingerprint density at radius 2 is 1.46 bits per heavy atom. The van der Waals surface area contributed by atoms with Crippen LogP contribution in [0, 0.1) is 0 Å². The Morgan fingerprint density at radius 1 is 0.958 bits per heavy atom. The first-order chi connectivity index (χ1) is 11.1. The largest absolute Gasteiger partial charge is 0.507 e. The summed E-state index contributed by atoms with van der Waals surface area (Å²) in [4.78, 5) is 8.12. The van der Waals surface area contributed by atoms with Gasteiger partial charge in [-0.1, -0.05) is 41.5 Å². The Hall–Kier alpha value is -2.43. The first kappa shape index (κ1) is 17.9. The Morgan fingerprint density at radius 3 is 1.92 bits per heavy atom. The molecule has 128 valence electrons. The number of aromatic nitrogens is 2. The van der Waals surface area contributed by atoms with Gasteiger partial charge >= 0.3 is 0 Å². The molecule has 0 aliphatic heterocycles. The van der Waals surface area contributed by atoms with E-state index >= 15 is 0 Å². The third-order valence-electron chi connectivity index (χ3n) is 3.69. The second-order valence-corrected chi connectivity index (χ2v) is 7.91. The van der Waals surface area contributed by atoms with Crippen molar-refractivity contribution in [1.82, 2.24) is 9.97 Å². The van der Waals surface area contributed by atoms with Crippen molar-refractivity contribution in [1.29, 1.82) is 0 Å². The minimum absolute atomic E-state index is 0.163. The van der Waals surface area contributed by atoms with Gasteiger partial charge in [-0.3, -0.25) is 0 Å². The maximum atomic E-state index is 10.7. The minimum atomic E-state index is -0.163. The maximum Gasteiger partial charge on any atom is 0.243 e. The number of hydrogen-bond acceptors (Lipinski definition) is 5. The molecule has 5 nitrogen and oxygen atoms in total. The lowest BCUT2D eigenvalue weighted by atomic mass is 9.78. The van der Waals surface area contributed by atoms with E-state index in [1.165, 1.54) is 0 Å². The number of phenolic OH excluding ortho intramolecular Hbond substituents is 1. The van der Waals surface area contributed by atoms with Gasteiger partial charge in [0.1, 0.15) is 5.75 Å². The number of hydrogen-bond donors (Lipinski definition) is 2. The van der Waals surface area contributed by atoms with Crippen molar-refractivity contribution in [3.63, 3.8) is 0 Å². The number of anilines is 1. The zero-order valence-electron chi connectivity index (χ0n) is 15.3. The molecule has 0 amide bonds. The normalized spacial score (nSPS) is 12.6. The Balaban J connectivity index is 2.39. The lowest BCUT2D eigenvalue weighted by Gasteiger charge is -2.27. The third kappa shape index (κ3) is 4.31. The molecule has 0 atom stereocenters. The van der Waals surface area contributed by atoms with E-state index in [4.69, 9.17) is 0 Å². The van der Waals surface area contributed by atoms with Crippen molar-refractivity contribution in [3.8, 4) is 5.75 Å². The Labute approximate surface area is 143 Å². The van der Waals surface area contributed by atoms with Gasteiger partial charge in [0.2, 0.25) is 5.95 Å². The van der Waals surface area contributed by atoms with Crippen LogP contribution in [0.25, 0.3) is 0 Å². The number of aromatic hydroxyl groups is 1. The minimum Gasteiger partial charge on any atom is -0.507 e. The van der Waals surface area contributed by atoms with Crippen LogP contribution in [-0.2, 0) is 10.8 Å². The highest BCUT2D eigenvalue weighted by atomic mass is 16.3. The van der Waals surface area contributed by atoms with Gasteiger partial charge in [0.15, 0.2) is 0 Å². The summed E-state index contributed by atoms with van der Waals surface area (Å²) in [5.74, 6) is 0.811. The molecule has 24 heavy (non-hydrogen) atoms. The predicted molar refractivity (Wildman–Crippen MR) is 98.8 cm³/mol. The SMILES string of the molecule is CC(C)(C)c1cc(C=NNc2ncccn2)cc(C(C)(C)C)c1O. The molecule has 0 saturated heterocycles. The van der Waals surface area contributed by atoms with E-state index in [0.717, 1.165) is 16.7 Å².